The van der Waals surface area contributed by atoms with Crippen LogP contribution in [0.2, 0.25) is 0 Å². The summed E-state index contributed by atoms with van der Waals surface area (Å²) in [5.74, 6) is 0.656. The lowest BCUT2D eigenvalue weighted by molar-refractivity contribution is 0.766. The topological polar surface area (TPSA) is 3.24 Å². The van der Waals surface area contributed by atoms with E-state index in [1.165, 1.54) is 16.9 Å². The van der Waals surface area contributed by atoms with E-state index in [0.29, 0.717) is 11.9 Å². The van der Waals surface area contributed by atoms with Crippen molar-refractivity contribution in [1.82, 2.24) is 0 Å². The van der Waals surface area contributed by atoms with Crippen LogP contribution in [0.25, 0.3) is 0 Å². The van der Waals surface area contributed by atoms with E-state index in [-0.39, 0.29) is 0 Å². The van der Waals surface area contributed by atoms with Gasteiger partial charge in [0.2, 0.25) is 0 Å². The molecule has 1 atom stereocenters. The highest BCUT2D eigenvalue weighted by Crippen LogP contribution is 2.38. The zero-order valence-corrected chi connectivity index (χ0v) is 10.3. The van der Waals surface area contributed by atoms with Crippen LogP contribution in [0.3, 0.4) is 0 Å². The van der Waals surface area contributed by atoms with Gasteiger partial charge in [-0.2, -0.15) is 0 Å². The van der Waals surface area contributed by atoms with Crippen LogP contribution in [0.15, 0.2) is 54.6 Å². The van der Waals surface area contributed by atoms with Gasteiger partial charge in [0.1, 0.15) is 0 Å². The Kier molecular flexibility index (Phi) is 2.77. The third-order valence-electron chi connectivity index (χ3n) is 3.28. The summed E-state index contributed by atoms with van der Waals surface area (Å²) >= 11 is 6.10. The summed E-state index contributed by atoms with van der Waals surface area (Å²) in [4.78, 5) is 2.35. The highest BCUT2D eigenvalue weighted by atomic mass is 35.5. The molecule has 0 saturated heterocycles. The van der Waals surface area contributed by atoms with Crippen molar-refractivity contribution in [3.63, 3.8) is 0 Å². The van der Waals surface area contributed by atoms with Gasteiger partial charge in [0.05, 0.1) is 6.04 Å². The highest BCUT2D eigenvalue weighted by molar-refractivity contribution is 6.18. The zero-order chi connectivity index (χ0) is 11.7. The van der Waals surface area contributed by atoms with Gasteiger partial charge in [0, 0.05) is 17.3 Å². The first-order chi connectivity index (χ1) is 8.40. The molecule has 1 heterocycles. The predicted molar refractivity (Wildman–Crippen MR) is 73.2 cm³/mol. The molecule has 0 spiro atoms. The van der Waals surface area contributed by atoms with Crippen LogP contribution in [0, 0.1) is 0 Å². The molecule has 0 fully saturated rings. The molecule has 2 aromatic carbocycles. The molecular weight excluding hydrogens is 230 g/mol. The van der Waals surface area contributed by atoms with E-state index in [1.54, 1.807) is 0 Å². The minimum absolute atomic E-state index is 0.372. The fourth-order valence-electron chi connectivity index (χ4n) is 2.52. The van der Waals surface area contributed by atoms with Crippen LogP contribution >= 0.6 is 11.6 Å². The first-order valence-electron chi connectivity index (χ1n) is 5.88. The van der Waals surface area contributed by atoms with Gasteiger partial charge < -0.3 is 4.90 Å². The van der Waals surface area contributed by atoms with E-state index < -0.39 is 0 Å². The molecule has 1 aliphatic heterocycles. The standard InChI is InChI=1S/C15H14ClN/c16-11-14-10-12-6-4-5-9-15(12)17(14)13-7-2-1-3-8-13/h1-9,14H,10-11H2. The lowest BCUT2D eigenvalue weighted by Gasteiger charge is -2.26. The van der Waals surface area contributed by atoms with Gasteiger partial charge in [0.25, 0.3) is 0 Å². The maximum Gasteiger partial charge on any atom is 0.0518 e. The van der Waals surface area contributed by atoms with E-state index in [9.17, 15) is 0 Å². The van der Waals surface area contributed by atoms with Crippen LogP contribution in [0.5, 0.6) is 0 Å². The molecule has 1 nitrogen and oxygen atoms in total. The summed E-state index contributed by atoms with van der Waals surface area (Å²) in [5.41, 5.74) is 3.91. The number of para-hydroxylation sites is 2. The van der Waals surface area contributed by atoms with Crippen molar-refractivity contribution in [2.45, 2.75) is 12.5 Å². The van der Waals surface area contributed by atoms with Crippen LogP contribution in [-0.2, 0) is 6.42 Å². The number of hydrogen-bond acceptors (Lipinski definition) is 1. The molecule has 0 amide bonds. The fraction of sp³-hybridized carbons (Fsp3) is 0.200. The van der Waals surface area contributed by atoms with Crippen molar-refractivity contribution in [1.29, 1.82) is 0 Å². The Labute approximate surface area is 107 Å². The molecule has 0 saturated carbocycles. The van der Waals surface area contributed by atoms with Crippen molar-refractivity contribution in [3.05, 3.63) is 60.2 Å². The molecule has 0 radical (unpaired) electrons. The molecule has 2 aromatic rings. The van der Waals surface area contributed by atoms with E-state index in [1.807, 2.05) is 6.07 Å². The zero-order valence-electron chi connectivity index (χ0n) is 9.51. The number of fused-ring (bicyclic) bond motifs is 1. The van der Waals surface area contributed by atoms with Crippen molar-refractivity contribution >= 4 is 23.0 Å². The minimum atomic E-state index is 0.372. The Hall–Kier alpha value is -1.47. The lowest BCUT2D eigenvalue weighted by atomic mass is 10.1. The number of alkyl halides is 1. The Bertz CT molecular complexity index is 509. The molecule has 86 valence electrons. The Morgan fingerprint density at radius 1 is 1.00 bits per heavy atom. The molecule has 1 aliphatic rings. The van der Waals surface area contributed by atoms with Gasteiger partial charge in [0.15, 0.2) is 0 Å². The third-order valence-corrected chi connectivity index (χ3v) is 3.64. The lowest BCUT2D eigenvalue weighted by Crippen LogP contribution is -2.28. The molecule has 1 unspecified atom stereocenters. The number of hydrogen-bond donors (Lipinski definition) is 0. The number of nitrogens with zero attached hydrogens (tertiary/aromatic N) is 1. The first-order valence-corrected chi connectivity index (χ1v) is 6.42. The molecule has 0 bridgehead atoms. The summed E-state index contributed by atoms with van der Waals surface area (Å²) in [5, 5.41) is 0. The second kappa shape index (κ2) is 4.42. The molecule has 17 heavy (non-hydrogen) atoms. The third kappa shape index (κ3) is 1.81. The molecule has 0 aromatic heterocycles. The minimum Gasteiger partial charge on any atom is -0.337 e. The molecule has 0 aliphatic carbocycles. The van der Waals surface area contributed by atoms with Gasteiger partial charge >= 0.3 is 0 Å². The number of benzene rings is 2. The van der Waals surface area contributed by atoms with E-state index >= 15 is 0 Å². The summed E-state index contributed by atoms with van der Waals surface area (Å²) in [7, 11) is 0. The summed E-state index contributed by atoms with van der Waals surface area (Å²) in [6, 6.07) is 19.4. The Balaban J connectivity index is 2.08. The second-order valence-corrected chi connectivity index (χ2v) is 4.66. The van der Waals surface area contributed by atoms with E-state index in [4.69, 9.17) is 11.6 Å². The fourth-order valence-corrected chi connectivity index (χ4v) is 2.77. The van der Waals surface area contributed by atoms with Crippen LogP contribution < -0.4 is 4.90 Å². The smallest absolute Gasteiger partial charge is 0.0518 e. The van der Waals surface area contributed by atoms with Crippen LogP contribution in [-0.4, -0.2) is 11.9 Å². The Morgan fingerprint density at radius 3 is 2.47 bits per heavy atom. The van der Waals surface area contributed by atoms with Crippen molar-refractivity contribution < 1.29 is 0 Å². The monoisotopic (exact) mass is 243 g/mol. The van der Waals surface area contributed by atoms with E-state index in [0.717, 1.165) is 6.42 Å². The van der Waals surface area contributed by atoms with Crippen LogP contribution in [0.1, 0.15) is 5.56 Å². The van der Waals surface area contributed by atoms with E-state index in [2.05, 4.69) is 53.4 Å². The average Bonchev–Trinajstić information content (AvgIpc) is 2.78. The molecule has 0 N–H and O–H groups in total. The number of anilines is 2. The first kappa shape index (κ1) is 10.7. The Morgan fingerprint density at radius 2 is 1.71 bits per heavy atom. The van der Waals surface area contributed by atoms with Crippen molar-refractivity contribution in [2.75, 3.05) is 10.8 Å². The average molecular weight is 244 g/mol. The quantitative estimate of drug-likeness (QED) is 0.721. The molecule has 2 heteroatoms. The summed E-state index contributed by atoms with van der Waals surface area (Å²) in [6.07, 6.45) is 1.04. The maximum absolute atomic E-state index is 6.10. The van der Waals surface area contributed by atoms with Gasteiger partial charge in [-0.1, -0.05) is 36.4 Å². The maximum atomic E-state index is 6.10. The highest BCUT2D eigenvalue weighted by Gasteiger charge is 2.28. The van der Waals surface area contributed by atoms with Gasteiger partial charge in [-0.25, -0.2) is 0 Å². The SMILES string of the molecule is ClCC1Cc2ccccc2N1c1ccccc1. The number of rotatable bonds is 2. The molecule has 3 rings (SSSR count). The second-order valence-electron chi connectivity index (χ2n) is 4.35. The molecular formula is C15H14ClN. The van der Waals surface area contributed by atoms with Crippen LogP contribution in [0.4, 0.5) is 11.4 Å². The van der Waals surface area contributed by atoms with Crippen molar-refractivity contribution in [3.8, 4) is 0 Å². The summed E-state index contributed by atoms with van der Waals surface area (Å²) < 4.78 is 0. The van der Waals surface area contributed by atoms with Gasteiger partial charge in [-0.05, 0) is 30.2 Å². The predicted octanol–water partition coefficient (Wildman–Crippen LogP) is 3.99. The van der Waals surface area contributed by atoms with Gasteiger partial charge in [-0.15, -0.1) is 11.6 Å². The number of halogens is 1. The van der Waals surface area contributed by atoms with Crippen molar-refractivity contribution in [2.24, 2.45) is 0 Å². The van der Waals surface area contributed by atoms with Gasteiger partial charge in [-0.3, -0.25) is 0 Å². The normalized spacial score (nSPS) is 18.2. The largest absolute Gasteiger partial charge is 0.337 e. The summed E-state index contributed by atoms with van der Waals surface area (Å²) in [6.45, 7) is 0.